The Hall–Kier alpha value is -1.70. The molecule has 2 amide bonds. The number of carbonyl (C=O) groups is 2. The van der Waals surface area contributed by atoms with Gasteiger partial charge in [-0.05, 0) is 12.8 Å². The highest BCUT2D eigenvalue weighted by atomic mass is 16.4. The molecule has 0 aliphatic rings. The van der Waals surface area contributed by atoms with Crippen molar-refractivity contribution >= 4 is 12.0 Å². The van der Waals surface area contributed by atoms with E-state index in [2.05, 4.69) is 16.6 Å². The Bertz CT molecular complexity index is 271. The molecule has 0 saturated carbocycles. The molecule has 0 rings (SSSR count). The van der Waals surface area contributed by atoms with Crippen LogP contribution in [0, 0.1) is 18.3 Å². The first-order valence-corrected chi connectivity index (χ1v) is 5.29. The molecular weight excluding hydrogens is 208 g/mol. The summed E-state index contributed by atoms with van der Waals surface area (Å²) in [6.45, 7) is 2.41. The van der Waals surface area contributed by atoms with Gasteiger partial charge >= 0.3 is 12.0 Å². The van der Waals surface area contributed by atoms with E-state index in [4.69, 9.17) is 11.5 Å². The molecule has 16 heavy (non-hydrogen) atoms. The summed E-state index contributed by atoms with van der Waals surface area (Å²) in [5.41, 5.74) is 0. The van der Waals surface area contributed by atoms with Crippen molar-refractivity contribution in [2.24, 2.45) is 5.92 Å². The minimum atomic E-state index is -0.893. The molecule has 0 aliphatic heterocycles. The van der Waals surface area contributed by atoms with Crippen molar-refractivity contribution in [3.05, 3.63) is 0 Å². The van der Waals surface area contributed by atoms with Gasteiger partial charge in [-0.1, -0.05) is 6.92 Å². The molecule has 0 fully saturated rings. The summed E-state index contributed by atoms with van der Waals surface area (Å²) in [4.78, 5) is 21.8. The van der Waals surface area contributed by atoms with E-state index in [1.54, 1.807) is 6.92 Å². The zero-order valence-electron chi connectivity index (χ0n) is 9.45. The molecule has 90 valence electrons. The highest BCUT2D eigenvalue weighted by molar-refractivity contribution is 5.75. The lowest BCUT2D eigenvalue weighted by Gasteiger charge is -2.11. The van der Waals surface area contributed by atoms with Gasteiger partial charge in [0.05, 0.1) is 5.92 Å². The van der Waals surface area contributed by atoms with Gasteiger partial charge in [0.15, 0.2) is 0 Å². The quantitative estimate of drug-likeness (QED) is 0.444. The summed E-state index contributed by atoms with van der Waals surface area (Å²) in [7, 11) is 0. The Balaban J connectivity index is 3.64. The fraction of sp³-hybridized carbons (Fsp3) is 0.636. The molecule has 0 aliphatic carbocycles. The van der Waals surface area contributed by atoms with Crippen molar-refractivity contribution in [1.82, 2.24) is 10.6 Å². The molecule has 5 heteroatoms. The van der Waals surface area contributed by atoms with Gasteiger partial charge in [0, 0.05) is 19.5 Å². The number of carboxylic acids is 1. The van der Waals surface area contributed by atoms with Crippen LogP contribution in [0.15, 0.2) is 0 Å². The standard InChI is InChI=1S/C11H18N2O3/c1-3-5-6-7-12-11(16)13-8-9(4-2)10(14)15/h1,9H,4-8H2,2H3,(H,14,15)(H2,12,13,16). The monoisotopic (exact) mass is 226 g/mol. The van der Waals surface area contributed by atoms with Crippen LogP contribution >= 0.6 is 0 Å². The lowest BCUT2D eigenvalue weighted by molar-refractivity contribution is -0.141. The summed E-state index contributed by atoms with van der Waals surface area (Å²) in [6.07, 6.45) is 6.88. The highest BCUT2D eigenvalue weighted by Crippen LogP contribution is 1.99. The molecule has 0 aromatic heterocycles. The predicted octanol–water partition coefficient (Wildman–Crippen LogP) is 0.810. The third-order valence-electron chi connectivity index (χ3n) is 2.13. The maximum absolute atomic E-state index is 11.2. The van der Waals surface area contributed by atoms with E-state index in [1.807, 2.05) is 0 Å². The zero-order chi connectivity index (χ0) is 12.4. The van der Waals surface area contributed by atoms with E-state index >= 15 is 0 Å². The zero-order valence-corrected chi connectivity index (χ0v) is 9.45. The molecule has 3 N–H and O–H groups in total. The number of rotatable bonds is 7. The van der Waals surface area contributed by atoms with Gasteiger partial charge < -0.3 is 15.7 Å². The average Bonchev–Trinajstić information content (AvgIpc) is 2.25. The second-order valence-electron chi connectivity index (χ2n) is 3.39. The Morgan fingerprint density at radius 1 is 1.44 bits per heavy atom. The van der Waals surface area contributed by atoms with Crippen LogP contribution in [0.4, 0.5) is 4.79 Å². The number of aliphatic carboxylic acids is 1. The number of nitrogens with one attached hydrogen (secondary N) is 2. The summed E-state index contributed by atoms with van der Waals surface area (Å²) < 4.78 is 0. The molecule has 0 heterocycles. The Labute approximate surface area is 95.6 Å². The van der Waals surface area contributed by atoms with Crippen molar-refractivity contribution in [3.8, 4) is 12.3 Å². The van der Waals surface area contributed by atoms with Gasteiger partial charge in [-0.2, -0.15) is 0 Å². The van der Waals surface area contributed by atoms with Crippen molar-refractivity contribution in [2.45, 2.75) is 26.2 Å². The molecule has 0 aromatic rings. The van der Waals surface area contributed by atoms with Crippen LogP contribution < -0.4 is 10.6 Å². The van der Waals surface area contributed by atoms with Gasteiger partial charge in [-0.15, -0.1) is 12.3 Å². The number of urea groups is 1. The van der Waals surface area contributed by atoms with Crippen LogP contribution in [0.25, 0.3) is 0 Å². The molecule has 0 radical (unpaired) electrons. The third kappa shape index (κ3) is 6.71. The number of hydrogen-bond donors (Lipinski definition) is 3. The van der Waals surface area contributed by atoms with Crippen LogP contribution in [0.3, 0.4) is 0 Å². The van der Waals surface area contributed by atoms with E-state index in [0.717, 1.165) is 6.42 Å². The van der Waals surface area contributed by atoms with Crippen LogP contribution in [0.5, 0.6) is 0 Å². The third-order valence-corrected chi connectivity index (χ3v) is 2.13. The smallest absolute Gasteiger partial charge is 0.314 e. The Morgan fingerprint density at radius 2 is 2.12 bits per heavy atom. The molecular formula is C11H18N2O3. The maximum Gasteiger partial charge on any atom is 0.314 e. The van der Waals surface area contributed by atoms with Crippen molar-refractivity contribution in [1.29, 1.82) is 0 Å². The first kappa shape index (κ1) is 14.3. The summed E-state index contributed by atoms with van der Waals surface area (Å²) in [5, 5.41) is 13.8. The lowest BCUT2D eigenvalue weighted by atomic mass is 10.1. The lowest BCUT2D eigenvalue weighted by Crippen LogP contribution is -2.40. The first-order valence-electron chi connectivity index (χ1n) is 5.29. The second kappa shape index (κ2) is 8.60. The minimum Gasteiger partial charge on any atom is -0.481 e. The summed E-state index contributed by atoms with van der Waals surface area (Å²) in [5.74, 6) is 1.04. The molecule has 0 saturated heterocycles. The van der Waals surface area contributed by atoms with E-state index in [9.17, 15) is 9.59 Å². The van der Waals surface area contributed by atoms with Gasteiger partial charge in [0.2, 0.25) is 0 Å². The molecule has 5 nitrogen and oxygen atoms in total. The fourth-order valence-corrected chi connectivity index (χ4v) is 1.08. The molecule has 1 atom stereocenters. The number of carboxylic acid groups (broad SMARTS) is 1. The molecule has 1 unspecified atom stereocenters. The summed E-state index contributed by atoms with van der Waals surface area (Å²) >= 11 is 0. The number of amides is 2. The van der Waals surface area contributed by atoms with E-state index in [1.165, 1.54) is 0 Å². The van der Waals surface area contributed by atoms with E-state index < -0.39 is 11.9 Å². The number of carbonyl (C=O) groups excluding carboxylic acids is 1. The average molecular weight is 226 g/mol. The number of unbranched alkanes of at least 4 members (excludes halogenated alkanes) is 1. The molecule has 0 aromatic carbocycles. The van der Waals surface area contributed by atoms with Gasteiger partial charge in [0.25, 0.3) is 0 Å². The second-order valence-corrected chi connectivity index (χ2v) is 3.39. The Morgan fingerprint density at radius 3 is 2.62 bits per heavy atom. The number of terminal acetylenes is 1. The minimum absolute atomic E-state index is 0.146. The van der Waals surface area contributed by atoms with E-state index in [0.29, 0.717) is 19.4 Å². The highest BCUT2D eigenvalue weighted by Gasteiger charge is 2.15. The van der Waals surface area contributed by atoms with Crippen LogP contribution in [-0.2, 0) is 4.79 Å². The fourth-order valence-electron chi connectivity index (χ4n) is 1.08. The molecule has 0 bridgehead atoms. The van der Waals surface area contributed by atoms with Crippen LogP contribution in [-0.4, -0.2) is 30.2 Å². The number of hydrogen-bond acceptors (Lipinski definition) is 2. The van der Waals surface area contributed by atoms with Gasteiger partial charge in [-0.3, -0.25) is 4.79 Å². The Kier molecular flexibility index (Phi) is 7.68. The summed E-state index contributed by atoms with van der Waals surface area (Å²) in [6, 6.07) is -0.350. The maximum atomic E-state index is 11.2. The normalized spacial score (nSPS) is 11.2. The molecule has 0 spiro atoms. The van der Waals surface area contributed by atoms with Crippen LogP contribution in [0.2, 0.25) is 0 Å². The predicted molar refractivity (Wildman–Crippen MR) is 60.9 cm³/mol. The van der Waals surface area contributed by atoms with Gasteiger partial charge in [-0.25, -0.2) is 4.79 Å². The first-order chi connectivity index (χ1) is 7.61. The van der Waals surface area contributed by atoms with Gasteiger partial charge in [0.1, 0.15) is 0 Å². The van der Waals surface area contributed by atoms with Crippen molar-refractivity contribution in [3.63, 3.8) is 0 Å². The van der Waals surface area contributed by atoms with Crippen LogP contribution in [0.1, 0.15) is 26.2 Å². The topological polar surface area (TPSA) is 78.4 Å². The van der Waals surface area contributed by atoms with Crippen molar-refractivity contribution < 1.29 is 14.7 Å². The van der Waals surface area contributed by atoms with Crippen molar-refractivity contribution in [2.75, 3.05) is 13.1 Å². The SMILES string of the molecule is C#CCCCNC(=O)NCC(CC)C(=O)O. The largest absolute Gasteiger partial charge is 0.481 e. The van der Waals surface area contributed by atoms with E-state index in [-0.39, 0.29) is 12.6 Å².